The van der Waals surface area contributed by atoms with Crippen LogP contribution in [0.15, 0.2) is 18.2 Å². The van der Waals surface area contributed by atoms with E-state index in [0.717, 1.165) is 24.6 Å². The van der Waals surface area contributed by atoms with E-state index in [9.17, 15) is 13.2 Å². The molecule has 5 heteroatoms. The van der Waals surface area contributed by atoms with E-state index in [1.54, 1.807) is 13.0 Å². The van der Waals surface area contributed by atoms with Gasteiger partial charge in [-0.25, -0.2) is 0 Å². The van der Waals surface area contributed by atoms with Crippen LogP contribution in [0.2, 0.25) is 0 Å². The second-order valence-electron chi connectivity index (χ2n) is 5.01. The van der Waals surface area contributed by atoms with Crippen molar-refractivity contribution in [3.8, 4) is 0 Å². The van der Waals surface area contributed by atoms with Crippen molar-refractivity contribution in [3.05, 3.63) is 34.9 Å². The molecule has 0 bridgehead atoms. The number of hydrogen-bond donors (Lipinski definition) is 1. The fourth-order valence-electron chi connectivity index (χ4n) is 2.53. The number of ether oxygens (including phenoxy) is 1. The average Bonchev–Trinajstić information content (AvgIpc) is 2.42. The SMILES string of the molecule is CCNC(c1ccc(C(F)(F)F)cc1C)C(CC)OCC. The van der Waals surface area contributed by atoms with Crippen molar-refractivity contribution < 1.29 is 17.9 Å². The molecule has 0 aliphatic rings. The van der Waals surface area contributed by atoms with Crippen molar-refractivity contribution in [2.45, 2.75) is 52.4 Å². The lowest BCUT2D eigenvalue weighted by Gasteiger charge is -2.29. The van der Waals surface area contributed by atoms with Crippen molar-refractivity contribution in [1.29, 1.82) is 0 Å². The molecule has 2 nitrogen and oxygen atoms in total. The molecule has 0 amide bonds. The molecule has 1 rings (SSSR count). The number of hydrogen-bond acceptors (Lipinski definition) is 2. The fourth-order valence-corrected chi connectivity index (χ4v) is 2.53. The van der Waals surface area contributed by atoms with Gasteiger partial charge < -0.3 is 10.1 Å². The molecule has 21 heavy (non-hydrogen) atoms. The second-order valence-corrected chi connectivity index (χ2v) is 5.01. The fraction of sp³-hybridized carbons (Fsp3) is 0.625. The highest BCUT2D eigenvalue weighted by Gasteiger charge is 2.31. The van der Waals surface area contributed by atoms with Gasteiger partial charge in [0.25, 0.3) is 0 Å². The highest BCUT2D eigenvalue weighted by molar-refractivity contribution is 5.35. The van der Waals surface area contributed by atoms with E-state index < -0.39 is 11.7 Å². The van der Waals surface area contributed by atoms with Crippen molar-refractivity contribution in [2.75, 3.05) is 13.2 Å². The molecule has 0 fully saturated rings. The van der Waals surface area contributed by atoms with Gasteiger partial charge in [-0.05, 0) is 50.1 Å². The minimum atomic E-state index is -4.30. The van der Waals surface area contributed by atoms with Crippen molar-refractivity contribution >= 4 is 0 Å². The van der Waals surface area contributed by atoms with Gasteiger partial charge in [0.2, 0.25) is 0 Å². The summed E-state index contributed by atoms with van der Waals surface area (Å²) in [6.07, 6.45) is -3.56. The predicted octanol–water partition coefficient (Wildman–Crippen LogP) is 4.48. The van der Waals surface area contributed by atoms with Crippen molar-refractivity contribution in [1.82, 2.24) is 5.32 Å². The van der Waals surface area contributed by atoms with E-state index in [-0.39, 0.29) is 12.1 Å². The summed E-state index contributed by atoms with van der Waals surface area (Å²) in [5, 5.41) is 3.33. The second kappa shape index (κ2) is 7.80. The molecule has 0 aliphatic carbocycles. The lowest BCUT2D eigenvalue weighted by molar-refractivity contribution is -0.137. The van der Waals surface area contributed by atoms with E-state index in [1.165, 1.54) is 6.07 Å². The Labute approximate surface area is 124 Å². The molecule has 1 aromatic rings. The zero-order valence-electron chi connectivity index (χ0n) is 13.1. The molecule has 0 saturated carbocycles. The normalized spacial score (nSPS) is 15.0. The minimum absolute atomic E-state index is 0.0506. The molecule has 0 aromatic heterocycles. The van der Waals surface area contributed by atoms with Gasteiger partial charge in [0.1, 0.15) is 0 Å². The summed E-state index contributed by atoms with van der Waals surface area (Å²) in [7, 11) is 0. The van der Waals surface area contributed by atoms with E-state index in [2.05, 4.69) is 5.32 Å². The third kappa shape index (κ3) is 4.71. The molecule has 0 spiro atoms. The van der Waals surface area contributed by atoms with Crippen LogP contribution in [0.25, 0.3) is 0 Å². The third-order valence-electron chi connectivity index (χ3n) is 3.51. The van der Waals surface area contributed by atoms with Gasteiger partial charge >= 0.3 is 6.18 Å². The standard InChI is InChI=1S/C16H24F3NO/c1-5-14(21-7-3)15(20-6-2)13-9-8-12(10-11(13)4)16(17,18)19/h8-10,14-15,20H,5-7H2,1-4H3. The van der Waals surface area contributed by atoms with E-state index in [0.29, 0.717) is 12.2 Å². The number of likely N-dealkylation sites (N-methyl/N-ethyl adjacent to an activating group) is 1. The summed E-state index contributed by atoms with van der Waals surface area (Å²) >= 11 is 0. The summed E-state index contributed by atoms with van der Waals surface area (Å²) in [5.41, 5.74) is 0.891. The Kier molecular flexibility index (Phi) is 6.68. The third-order valence-corrected chi connectivity index (χ3v) is 3.51. The largest absolute Gasteiger partial charge is 0.416 e. The topological polar surface area (TPSA) is 21.3 Å². The molecule has 120 valence electrons. The molecular formula is C16H24F3NO. The van der Waals surface area contributed by atoms with Crippen LogP contribution in [0.3, 0.4) is 0 Å². The Morgan fingerprint density at radius 2 is 1.86 bits per heavy atom. The van der Waals surface area contributed by atoms with Crippen molar-refractivity contribution in [2.24, 2.45) is 0 Å². The maximum Gasteiger partial charge on any atom is 0.416 e. The van der Waals surface area contributed by atoms with Crippen LogP contribution in [0.5, 0.6) is 0 Å². The smallest absolute Gasteiger partial charge is 0.377 e. The number of benzene rings is 1. The van der Waals surface area contributed by atoms with E-state index in [4.69, 9.17) is 4.74 Å². The predicted molar refractivity (Wildman–Crippen MR) is 78.3 cm³/mol. The zero-order valence-corrected chi connectivity index (χ0v) is 13.1. The van der Waals surface area contributed by atoms with Crippen LogP contribution in [-0.4, -0.2) is 19.3 Å². The van der Waals surface area contributed by atoms with Crippen molar-refractivity contribution in [3.63, 3.8) is 0 Å². The molecule has 0 aliphatic heterocycles. The Balaban J connectivity index is 3.14. The highest BCUT2D eigenvalue weighted by Crippen LogP contribution is 2.33. The van der Waals surface area contributed by atoms with Gasteiger partial charge in [0.05, 0.1) is 17.7 Å². The van der Waals surface area contributed by atoms with Crippen LogP contribution in [0.1, 0.15) is 49.9 Å². The number of alkyl halides is 3. The molecule has 2 unspecified atom stereocenters. The summed E-state index contributed by atoms with van der Waals surface area (Å²) in [6, 6.07) is 3.82. The van der Waals surface area contributed by atoms with Gasteiger partial charge in [0, 0.05) is 6.61 Å². The Morgan fingerprint density at radius 1 is 1.19 bits per heavy atom. The lowest BCUT2D eigenvalue weighted by atomic mass is 9.93. The molecule has 0 radical (unpaired) electrons. The van der Waals surface area contributed by atoms with Crippen LogP contribution >= 0.6 is 0 Å². The average molecular weight is 303 g/mol. The number of rotatable bonds is 7. The summed E-state index contributed by atoms with van der Waals surface area (Å²) < 4.78 is 44.0. The molecule has 0 heterocycles. The van der Waals surface area contributed by atoms with Gasteiger partial charge in [-0.3, -0.25) is 0 Å². The molecule has 0 saturated heterocycles. The number of nitrogens with one attached hydrogen (secondary N) is 1. The lowest BCUT2D eigenvalue weighted by Crippen LogP contribution is -2.34. The molecule has 2 atom stereocenters. The Morgan fingerprint density at radius 3 is 2.29 bits per heavy atom. The summed E-state index contributed by atoms with van der Waals surface area (Å²) in [4.78, 5) is 0. The molecule has 1 N–H and O–H groups in total. The number of aryl methyl sites for hydroxylation is 1. The first-order valence-corrected chi connectivity index (χ1v) is 7.37. The zero-order chi connectivity index (χ0) is 16.0. The first-order chi connectivity index (χ1) is 9.85. The van der Waals surface area contributed by atoms with E-state index in [1.807, 2.05) is 20.8 Å². The first kappa shape index (κ1) is 18.0. The maximum absolute atomic E-state index is 12.8. The number of halogens is 3. The monoisotopic (exact) mass is 303 g/mol. The van der Waals surface area contributed by atoms with Gasteiger partial charge in [0.15, 0.2) is 0 Å². The quantitative estimate of drug-likeness (QED) is 0.802. The van der Waals surface area contributed by atoms with Gasteiger partial charge in [-0.2, -0.15) is 13.2 Å². The summed E-state index contributed by atoms with van der Waals surface area (Å²) in [5.74, 6) is 0. The minimum Gasteiger partial charge on any atom is -0.377 e. The van der Waals surface area contributed by atoms with Gasteiger partial charge in [-0.15, -0.1) is 0 Å². The van der Waals surface area contributed by atoms with Gasteiger partial charge in [-0.1, -0.05) is 19.9 Å². The highest BCUT2D eigenvalue weighted by atomic mass is 19.4. The molecule has 1 aromatic carbocycles. The Bertz CT molecular complexity index is 446. The van der Waals surface area contributed by atoms with Crippen LogP contribution in [0.4, 0.5) is 13.2 Å². The van der Waals surface area contributed by atoms with Crippen LogP contribution in [0, 0.1) is 6.92 Å². The first-order valence-electron chi connectivity index (χ1n) is 7.37. The summed E-state index contributed by atoms with van der Waals surface area (Å²) in [6.45, 7) is 8.95. The molecular weight excluding hydrogens is 279 g/mol. The van der Waals surface area contributed by atoms with E-state index >= 15 is 0 Å². The van der Waals surface area contributed by atoms with Crippen LogP contribution < -0.4 is 5.32 Å². The van der Waals surface area contributed by atoms with Crippen LogP contribution in [-0.2, 0) is 10.9 Å². The maximum atomic E-state index is 12.8. The Hall–Kier alpha value is -1.07.